The lowest BCUT2D eigenvalue weighted by Crippen LogP contribution is -3.21. The van der Waals surface area contributed by atoms with Gasteiger partial charge in [0.25, 0.3) is 0 Å². The maximum absolute atomic E-state index is 10.7. The Hall–Kier alpha value is -1.75. The van der Waals surface area contributed by atoms with Crippen LogP contribution in [0.15, 0.2) is 0 Å². The number of carbonyl (C=O) groups is 3. The van der Waals surface area contributed by atoms with Crippen LogP contribution >= 0.6 is 0 Å². The first-order valence-corrected chi connectivity index (χ1v) is 8.49. The van der Waals surface area contributed by atoms with Crippen LogP contribution in [-0.4, -0.2) is 82.8 Å². The van der Waals surface area contributed by atoms with Crippen molar-refractivity contribution in [2.45, 2.75) is 19.3 Å². The smallest absolute Gasteiger partial charge is 0.306 e. The van der Waals surface area contributed by atoms with E-state index < -0.39 is 35.7 Å². The van der Waals surface area contributed by atoms with Gasteiger partial charge in [0.1, 0.15) is 20.0 Å². The summed E-state index contributed by atoms with van der Waals surface area (Å²) in [7, 11) is 0. The number of nitrogens with one attached hydrogen (secondary N) is 1. The summed E-state index contributed by atoms with van der Waals surface area (Å²) >= 11 is 0. The lowest BCUT2D eigenvalue weighted by atomic mass is 9.75. The zero-order valence-electron chi connectivity index (χ0n) is 14.0. The summed E-state index contributed by atoms with van der Waals surface area (Å²) < 4.78 is 0. The van der Waals surface area contributed by atoms with Crippen LogP contribution < -0.4 is 10.0 Å². The minimum atomic E-state index is -1.37. The van der Waals surface area contributed by atoms with Crippen molar-refractivity contribution < 1.29 is 34.6 Å². The van der Waals surface area contributed by atoms with Gasteiger partial charge in [0.05, 0.1) is 31.8 Å². The average molecular weight is 356 g/mol. The Bertz CT molecular complexity index is 446. The first-order valence-electron chi connectivity index (χ1n) is 8.49. The number of nitrogens with zero attached hydrogens (tertiary/aromatic N) is 3. The molecule has 0 aromatic heterocycles. The number of aliphatic carboxylic acids is 3. The number of carbonyl (C=O) groups excluding carboxylic acids is 1. The molecule has 10 heteroatoms. The molecule has 140 valence electrons. The monoisotopic (exact) mass is 356 g/mol. The van der Waals surface area contributed by atoms with Crippen molar-refractivity contribution >= 4 is 17.9 Å². The molecule has 3 atom stereocenters. The van der Waals surface area contributed by atoms with Gasteiger partial charge in [0.15, 0.2) is 0 Å². The van der Waals surface area contributed by atoms with E-state index in [1.807, 2.05) is 0 Å². The summed E-state index contributed by atoms with van der Waals surface area (Å²) in [5, 5.41) is 28.1. The van der Waals surface area contributed by atoms with E-state index in [1.54, 1.807) is 4.90 Å². The predicted octanol–water partition coefficient (Wildman–Crippen LogP) is -3.50. The highest BCUT2D eigenvalue weighted by Crippen LogP contribution is 2.33. The van der Waals surface area contributed by atoms with Crippen LogP contribution in [0, 0.1) is 17.8 Å². The zero-order valence-corrected chi connectivity index (χ0v) is 14.0. The standard InChI is InChI=1S/C9H12O6.C6H12N4/c10-7(11)4-1-5(8(12)13)3-6(2-4)9(14)15;1-7-2-9-4-8(1)5-10(3-7)6-9/h4-6H,1-3H2,(H,10,11)(H,12,13)(H,14,15);1-6H2. The summed E-state index contributed by atoms with van der Waals surface area (Å²) in [5.41, 5.74) is 0. The van der Waals surface area contributed by atoms with E-state index in [4.69, 9.17) is 10.2 Å². The topological polar surface area (TPSA) is 129 Å². The number of hydrogen-bond donors (Lipinski definition) is 3. The van der Waals surface area contributed by atoms with Gasteiger partial charge in [-0.1, -0.05) is 0 Å². The molecule has 1 unspecified atom stereocenters. The lowest BCUT2D eigenvalue weighted by Gasteiger charge is -2.53. The Labute approximate surface area is 145 Å². The molecule has 25 heavy (non-hydrogen) atoms. The number of hydrogen-bond acceptors (Lipinski definition) is 7. The highest BCUT2D eigenvalue weighted by atomic mass is 16.4. The largest absolute Gasteiger partial charge is 0.550 e. The van der Waals surface area contributed by atoms with E-state index >= 15 is 0 Å². The molecule has 4 aliphatic heterocycles. The van der Waals surface area contributed by atoms with E-state index in [2.05, 4.69) is 14.7 Å². The SMILES string of the molecule is C1N2CN3CN1C[NH+](C2)C3.O=C([O-])C1C[C@@H](C(=O)O)C[C@@H](C(=O)O)C1. The zero-order chi connectivity index (χ0) is 18.1. The second-order valence-electron chi connectivity index (χ2n) is 7.45. The van der Waals surface area contributed by atoms with Gasteiger partial charge in [-0.3, -0.25) is 14.5 Å². The minimum Gasteiger partial charge on any atom is -0.550 e. The molecule has 0 aromatic rings. The van der Waals surface area contributed by atoms with Crippen molar-refractivity contribution in [1.82, 2.24) is 14.7 Å². The predicted molar refractivity (Wildman–Crippen MR) is 80.3 cm³/mol. The first kappa shape index (κ1) is 18.1. The lowest BCUT2D eigenvalue weighted by molar-refractivity contribution is -0.958. The molecule has 1 aliphatic carbocycles. The summed E-state index contributed by atoms with van der Waals surface area (Å²) in [6.07, 6.45) is -0.0860. The molecule has 0 aromatic carbocycles. The highest BCUT2D eigenvalue weighted by Gasteiger charge is 2.39. The molecule has 4 bridgehead atoms. The van der Waals surface area contributed by atoms with Crippen LogP contribution in [-0.2, 0) is 14.4 Å². The quantitative estimate of drug-likeness (QED) is 0.472. The normalized spacial score (nSPS) is 41.5. The molecular weight excluding hydrogens is 332 g/mol. The molecule has 5 fully saturated rings. The van der Waals surface area contributed by atoms with Gasteiger partial charge in [-0.05, 0) is 19.3 Å². The molecule has 0 amide bonds. The Morgan fingerprint density at radius 3 is 1.40 bits per heavy atom. The molecule has 3 N–H and O–H groups in total. The highest BCUT2D eigenvalue weighted by molar-refractivity contribution is 5.77. The van der Waals surface area contributed by atoms with Gasteiger partial charge in [-0.2, -0.15) is 0 Å². The molecule has 10 nitrogen and oxygen atoms in total. The number of quaternary nitrogens is 1. The molecule has 5 rings (SSSR count). The third-order valence-electron chi connectivity index (χ3n) is 5.28. The van der Waals surface area contributed by atoms with Gasteiger partial charge < -0.3 is 20.1 Å². The van der Waals surface area contributed by atoms with Crippen LogP contribution in [0.3, 0.4) is 0 Å². The fourth-order valence-electron chi connectivity index (χ4n) is 4.30. The first-order chi connectivity index (χ1) is 11.8. The summed E-state index contributed by atoms with van der Waals surface area (Å²) in [5.74, 6) is -6.43. The van der Waals surface area contributed by atoms with Gasteiger partial charge in [0.2, 0.25) is 0 Å². The van der Waals surface area contributed by atoms with E-state index in [-0.39, 0.29) is 19.3 Å². The van der Waals surface area contributed by atoms with Crippen LogP contribution in [0.4, 0.5) is 0 Å². The molecule has 1 saturated carbocycles. The Kier molecular flexibility index (Phi) is 5.23. The van der Waals surface area contributed by atoms with Crippen molar-refractivity contribution in [3.63, 3.8) is 0 Å². The molecule has 4 saturated heterocycles. The van der Waals surface area contributed by atoms with Crippen LogP contribution in [0.2, 0.25) is 0 Å². The Morgan fingerprint density at radius 2 is 1.12 bits per heavy atom. The van der Waals surface area contributed by atoms with Gasteiger partial charge in [-0.25, -0.2) is 14.7 Å². The van der Waals surface area contributed by atoms with Gasteiger partial charge >= 0.3 is 11.9 Å². The molecule has 4 heterocycles. The second-order valence-corrected chi connectivity index (χ2v) is 7.45. The number of carboxylic acids is 3. The minimum absolute atomic E-state index is 0.00551. The van der Waals surface area contributed by atoms with E-state index in [9.17, 15) is 19.5 Å². The van der Waals surface area contributed by atoms with Crippen molar-refractivity contribution in [3.05, 3.63) is 0 Å². The van der Waals surface area contributed by atoms with Crippen LogP contribution in [0.25, 0.3) is 0 Å². The van der Waals surface area contributed by atoms with Crippen molar-refractivity contribution in [2.75, 3.05) is 40.0 Å². The fourth-order valence-corrected chi connectivity index (χ4v) is 4.30. The summed E-state index contributed by atoms with van der Waals surface area (Å²) in [6, 6.07) is 0. The molecular formula is C15H24N4O6. The Morgan fingerprint density at radius 1 is 0.760 bits per heavy atom. The number of rotatable bonds is 3. The third kappa shape index (κ3) is 4.27. The van der Waals surface area contributed by atoms with E-state index in [0.29, 0.717) is 0 Å². The van der Waals surface area contributed by atoms with Crippen LogP contribution in [0.1, 0.15) is 19.3 Å². The van der Waals surface area contributed by atoms with E-state index in [0.717, 1.165) is 0 Å². The van der Waals surface area contributed by atoms with Crippen molar-refractivity contribution in [1.29, 1.82) is 0 Å². The fraction of sp³-hybridized carbons (Fsp3) is 0.800. The maximum atomic E-state index is 10.7. The summed E-state index contributed by atoms with van der Waals surface area (Å²) in [4.78, 5) is 41.2. The van der Waals surface area contributed by atoms with E-state index in [1.165, 1.54) is 40.0 Å². The molecule has 5 aliphatic rings. The van der Waals surface area contributed by atoms with Gasteiger partial charge in [0, 0.05) is 11.9 Å². The average Bonchev–Trinajstić information content (AvgIpc) is 2.53. The van der Waals surface area contributed by atoms with Crippen molar-refractivity contribution in [3.8, 4) is 0 Å². The van der Waals surface area contributed by atoms with Gasteiger partial charge in [-0.15, -0.1) is 0 Å². The number of carboxylic acid groups (broad SMARTS) is 3. The van der Waals surface area contributed by atoms with Crippen LogP contribution in [0.5, 0.6) is 0 Å². The third-order valence-corrected chi connectivity index (χ3v) is 5.28. The molecule has 0 spiro atoms. The maximum Gasteiger partial charge on any atom is 0.306 e. The Balaban J connectivity index is 0.000000155. The second kappa shape index (κ2) is 7.24. The molecule has 0 radical (unpaired) electrons. The van der Waals surface area contributed by atoms with Crippen molar-refractivity contribution in [2.24, 2.45) is 17.8 Å². The summed E-state index contributed by atoms with van der Waals surface area (Å²) in [6.45, 7) is 7.44.